The molecule has 0 spiro atoms. The van der Waals surface area contributed by atoms with E-state index in [1.807, 2.05) is 6.07 Å². The molecule has 3 nitrogen and oxygen atoms in total. The second-order valence-corrected chi connectivity index (χ2v) is 4.43. The molecule has 0 aliphatic rings. The summed E-state index contributed by atoms with van der Waals surface area (Å²) in [4.78, 5) is 4.13. The molecule has 0 bridgehead atoms. The Bertz CT molecular complexity index is 573. The van der Waals surface area contributed by atoms with E-state index in [4.69, 9.17) is 4.74 Å². The Hall–Kier alpha value is -2.01. The van der Waals surface area contributed by atoms with E-state index in [2.05, 4.69) is 10.3 Å². The van der Waals surface area contributed by atoms with E-state index in [1.54, 1.807) is 32.5 Å². The third-order valence-corrected chi connectivity index (χ3v) is 3.14. The quantitative estimate of drug-likeness (QED) is 0.913. The van der Waals surface area contributed by atoms with Crippen LogP contribution in [0.2, 0.25) is 0 Å². The molecule has 2 aromatic rings. The van der Waals surface area contributed by atoms with Gasteiger partial charge >= 0.3 is 0 Å². The van der Waals surface area contributed by atoms with Gasteiger partial charge in [0.2, 0.25) is 5.88 Å². The second-order valence-electron chi connectivity index (χ2n) is 4.43. The number of hydrogen-bond acceptors (Lipinski definition) is 3. The van der Waals surface area contributed by atoms with E-state index in [1.165, 1.54) is 6.07 Å². The van der Waals surface area contributed by atoms with E-state index in [0.717, 1.165) is 11.6 Å². The van der Waals surface area contributed by atoms with Crippen LogP contribution in [0.3, 0.4) is 0 Å². The van der Waals surface area contributed by atoms with Crippen LogP contribution in [0.1, 0.15) is 17.2 Å². The highest BCUT2D eigenvalue weighted by Gasteiger charge is 2.13. The summed E-state index contributed by atoms with van der Waals surface area (Å²) in [5, 5.41) is 3.09. The number of nitrogens with one attached hydrogen (secondary N) is 1. The van der Waals surface area contributed by atoms with Gasteiger partial charge in [0, 0.05) is 18.3 Å². The van der Waals surface area contributed by atoms with Gasteiger partial charge in [-0.3, -0.25) is 0 Å². The van der Waals surface area contributed by atoms with Gasteiger partial charge in [0.25, 0.3) is 0 Å². The lowest BCUT2D eigenvalue weighted by Crippen LogP contribution is -2.19. The van der Waals surface area contributed by atoms with Crippen LogP contribution in [-0.4, -0.2) is 19.1 Å². The lowest BCUT2D eigenvalue weighted by Gasteiger charge is -2.17. The Labute approximate surface area is 116 Å². The van der Waals surface area contributed by atoms with Gasteiger partial charge in [0.1, 0.15) is 0 Å². The van der Waals surface area contributed by atoms with E-state index in [-0.39, 0.29) is 6.04 Å². The van der Waals surface area contributed by atoms with Gasteiger partial charge in [-0.1, -0.05) is 12.1 Å². The Balaban J connectivity index is 2.16. The first-order valence-electron chi connectivity index (χ1n) is 6.25. The first kappa shape index (κ1) is 14.4. The SMILES string of the molecule is CNC(Cc1ccc(OC)nc1)c1ccc(F)c(F)c1. The molecule has 0 saturated heterocycles. The number of rotatable bonds is 5. The number of nitrogens with zero attached hydrogens (tertiary/aromatic N) is 1. The molecule has 0 aliphatic carbocycles. The number of halogens is 2. The fourth-order valence-electron chi connectivity index (χ4n) is 2.00. The number of methoxy groups -OCH3 is 1. The van der Waals surface area contributed by atoms with Gasteiger partial charge in [-0.15, -0.1) is 0 Å². The highest BCUT2D eigenvalue weighted by Crippen LogP contribution is 2.20. The molecule has 1 heterocycles. The van der Waals surface area contributed by atoms with Crippen molar-refractivity contribution in [2.75, 3.05) is 14.2 Å². The Morgan fingerprint density at radius 2 is 2.00 bits per heavy atom. The van der Waals surface area contributed by atoms with E-state index >= 15 is 0 Å². The van der Waals surface area contributed by atoms with Crippen LogP contribution in [-0.2, 0) is 6.42 Å². The van der Waals surface area contributed by atoms with Crippen molar-refractivity contribution < 1.29 is 13.5 Å². The topological polar surface area (TPSA) is 34.1 Å². The zero-order valence-corrected chi connectivity index (χ0v) is 11.4. The molecule has 0 saturated carbocycles. The zero-order chi connectivity index (χ0) is 14.5. The van der Waals surface area contributed by atoms with Crippen LogP contribution >= 0.6 is 0 Å². The summed E-state index contributed by atoms with van der Waals surface area (Å²) in [5.74, 6) is -1.13. The van der Waals surface area contributed by atoms with E-state index in [9.17, 15) is 8.78 Å². The van der Waals surface area contributed by atoms with Gasteiger partial charge < -0.3 is 10.1 Å². The number of benzene rings is 1. The van der Waals surface area contributed by atoms with Crippen LogP contribution in [0.4, 0.5) is 8.78 Å². The van der Waals surface area contributed by atoms with Gasteiger partial charge in [0.15, 0.2) is 11.6 Å². The molecule has 1 unspecified atom stereocenters. The smallest absolute Gasteiger partial charge is 0.212 e. The molecule has 5 heteroatoms. The molecule has 0 radical (unpaired) electrons. The molecular formula is C15H16F2N2O. The molecule has 20 heavy (non-hydrogen) atoms. The summed E-state index contributed by atoms with van der Waals surface area (Å²) < 4.78 is 31.2. The first-order valence-corrected chi connectivity index (χ1v) is 6.25. The predicted octanol–water partition coefficient (Wildman–Crippen LogP) is 2.87. The minimum atomic E-state index is -0.838. The molecule has 1 atom stereocenters. The van der Waals surface area contributed by atoms with Gasteiger partial charge in [-0.25, -0.2) is 13.8 Å². The molecule has 1 N–H and O–H groups in total. The predicted molar refractivity (Wildman–Crippen MR) is 72.7 cm³/mol. The van der Waals surface area contributed by atoms with Crippen molar-refractivity contribution >= 4 is 0 Å². The molecule has 106 valence electrons. The largest absolute Gasteiger partial charge is 0.481 e. The van der Waals surface area contributed by atoms with Crippen LogP contribution in [0.25, 0.3) is 0 Å². The summed E-state index contributed by atoms with van der Waals surface area (Å²) in [6.07, 6.45) is 2.33. The van der Waals surface area contributed by atoms with Crippen molar-refractivity contribution in [3.05, 3.63) is 59.3 Å². The molecule has 1 aromatic heterocycles. The number of aromatic nitrogens is 1. The third-order valence-electron chi connectivity index (χ3n) is 3.14. The molecular weight excluding hydrogens is 262 g/mol. The minimum Gasteiger partial charge on any atom is -0.481 e. The van der Waals surface area contributed by atoms with Crippen LogP contribution in [0.5, 0.6) is 5.88 Å². The van der Waals surface area contributed by atoms with Crippen molar-refractivity contribution in [2.24, 2.45) is 0 Å². The molecule has 2 rings (SSSR count). The number of pyridine rings is 1. The average Bonchev–Trinajstić information content (AvgIpc) is 2.48. The fourth-order valence-corrected chi connectivity index (χ4v) is 2.00. The molecule has 0 amide bonds. The van der Waals surface area contributed by atoms with Gasteiger partial charge in [-0.2, -0.15) is 0 Å². The number of likely N-dealkylation sites (N-methyl/N-ethyl adjacent to an activating group) is 1. The van der Waals surface area contributed by atoms with Gasteiger partial charge in [-0.05, 0) is 36.7 Å². The normalized spacial score (nSPS) is 12.2. The number of hydrogen-bond donors (Lipinski definition) is 1. The lowest BCUT2D eigenvalue weighted by molar-refractivity contribution is 0.397. The fraction of sp³-hybridized carbons (Fsp3) is 0.267. The minimum absolute atomic E-state index is 0.111. The van der Waals surface area contributed by atoms with Crippen LogP contribution in [0.15, 0.2) is 36.5 Å². The van der Waals surface area contributed by atoms with Crippen molar-refractivity contribution in [3.63, 3.8) is 0 Å². The maximum absolute atomic E-state index is 13.3. The van der Waals surface area contributed by atoms with Crippen molar-refractivity contribution in [1.82, 2.24) is 10.3 Å². The highest BCUT2D eigenvalue weighted by molar-refractivity contribution is 5.25. The molecule has 1 aromatic carbocycles. The van der Waals surface area contributed by atoms with Crippen LogP contribution < -0.4 is 10.1 Å². The summed E-state index contributed by atoms with van der Waals surface area (Å²) in [6, 6.07) is 7.49. The first-order chi connectivity index (χ1) is 9.63. The van der Waals surface area contributed by atoms with Crippen molar-refractivity contribution in [2.45, 2.75) is 12.5 Å². The summed E-state index contributed by atoms with van der Waals surface area (Å²) >= 11 is 0. The summed E-state index contributed by atoms with van der Waals surface area (Å²) in [5.41, 5.74) is 1.68. The van der Waals surface area contributed by atoms with Crippen molar-refractivity contribution in [3.8, 4) is 5.88 Å². The van der Waals surface area contributed by atoms with E-state index < -0.39 is 11.6 Å². The lowest BCUT2D eigenvalue weighted by atomic mass is 10.00. The summed E-state index contributed by atoms with van der Waals surface area (Å²) in [7, 11) is 3.34. The number of ether oxygens (including phenoxy) is 1. The average molecular weight is 278 g/mol. The standard InChI is InChI=1S/C15H16F2N2O/c1-18-14(11-4-5-12(16)13(17)8-11)7-10-3-6-15(20-2)19-9-10/h3-6,8-9,14,18H,7H2,1-2H3. The molecule has 0 fully saturated rings. The Kier molecular flexibility index (Phi) is 4.63. The third kappa shape index (κ3) is 3.30. The van der Waals surface area contributed by atoms with Gasteiger partial charge in [0.05, 0.1) is 7.11 Å². The van der Waals surface area contributed by atoms with Crippen LogP contribution in [0, 0.1) is 11.6 Å². The highest BCUT2D eigenvalue weighted by atomic mass is 19.2. The maximum atomic E-state index is 13.3. The maximum Gasteiger partial charge on any atom is 0.212 e. The molecule has 0 aliphatic heterocycles. The zero-order valence-electron chi connectivity index (χ0n) is 11.4. The van der Waals surface area contributed by atoms with Crippen molar-refractivity contribution in [1.29, 1.82) is 0 Å². The second kappa shape index (κ2) is 6.43. The monoisotopic (exact) mass is 278 g/mol. The van der Waals surface area contributed by atoms with E-state index in [0.29, 0.717) is 17.9 Å². The Morgan fingerprint density at radius 3 is 2.55 bits per heavy atom. The summed E-state index contributed by atoms with van der Waals surface area (Å²) in [6.45, 7) is 0. The Morgan fingerprint density at radius 1 is 1.20 bits per heavy atom.